The molecule has 1 aliphatic carbocycles. The topological polar surface area (TPSA) is 52.4 Å². The maximum Gasteiger partial charge on any atom is 0.235 e. The molecule has 1 aliphatic rings. The van der Waals surface area contributed by atoms with Crippen molar-refractivity contribution in [2.24, 2.45) is 0 Å². The first-order chi connectivity index (χ1) is 9.19. The average molecular weight is 279 g/mol. The molecule has 102 valence electrons. The van der Waals surface area contributed by atoms with E-state index in [1.54, 1.807) is 11.8 Å². The molecule has 4 nitrogen and oxygen atoms in total. The first-order valence-electron chi connectivity index (χ1n) is 6.35. The Labute approximate surface area is 117 Å². The van der Waals surface area contributed by atoms with Crippen molar-refractivity contribution >= 4 is 17.8 Å². The number of hydrogen-bond acceptors (Lipinski definition) is 4. The minimum atomic E-state index is -0.458. The lowest BCUT2D eigenvalue weighted by atomic mass is 10.2. The molecule has 1 aromatic rings. The van der Waals surface area contributed by atoms with Gasteiger partial charge in [-0.2, -0.15) is 0 Å². The molecule has 1 aromatic carbocycles. The van der Waals surface area contributed by atoms with Gasteiger partial charge in [0.1, 0.15) is 5.75 Å². The third kappa shape index (κ3) is 3.99. The van der Waals surface area contributed by atoms with Crippen LogP contribution in [0.1, 0.15) is 31.2 Å². The molecular weight excluding hydrogens is 262 g/mol. The van der Waals surface area contributed by atoms with Crippen molar-refractivity contribution in [1.82, 2.24) is 0 Å². The molecule has 1 saturated carbocycles. The predicted octanol–water partition coefficient (Wildman–Crippen LogP) is 3.98. The van der Waals surface area contributed by atoms with Crippen LogP contribution >= 0.6 is 11.8 Å². The molecule has 0 aliphatic heterocycles. The largest absolute Gasteiger partial charge is 0.489 e. The number of hydrogen-bond donors (Lipinski definition) is 0. The highest BCUT2D eigenvalue weighted by Gasteiger charge is 2.18. The second-order valence-electron chi connectivity index (χ2n) is 4.54. The molecule has 0 saturated heterocycles. The van der Waals surface area contributed by atoms with Crippen molar-refractivity contribution < 1.29 is 9.66 Å². The molecule has 0 N–H and O–H groups in total. The van der Waals surface area contributed by atoms with Gasteiger partial charge in [0.15, 0.2) is 0 Å². The monoisotopic (exact) mass is 279 g/mol. The van der Waals surface area contributed by atoms with Gasteiger partial charge in [0.2, 0.25) is 6.20 Å². The summed E-state index contributed by atoms with van der Waals surface area (Å²) in [6, 6.07) is 5.70. The van der Waals surface area contributed by atoms with Crippen LogP contribution in [0.5, 0.6) is 5.75 Å². The van der Waals surface area contributed by atoms with Crippen molar-refractivity contribution in [3.05, 3.63) is 40.1 Å². The first-order valence-corrected chi connectivity index (χ1v) is 7.58. The van der Waals surface area contributed by atoms with E-state index in [1.165, 1.54) is 18.9 Å². The quantitative estimate of drug-likeness (QED) is 0.465. The smallest absolute Gasteiger partial charge is 0.235 e. The third-order valence-corrected chi connectivity index (χ3v) is 3.95. The van der Waals surface area contributed by atoms with Crippen LogP contribution in [-0.4, -0.2) is 17.3 Å². The van der Waals surface area contributed by atoms with E-state index in [2.05, 4.69) is 0 Å². The lowest BCUT2D eigenvalue weighted by molar-refractivity contribution is -0.400. The number of ether oxygens (including phenoxy) is 1. The van der Waals surface area contributed by atoms with E-state index in [1.807, 2.05) is 24.5 Å². The van der Waals surface area contributed by atoms with Gasteiger partial charge in [-0.15, -0.1) is 11.8 Å². The minimum absolute atomic E-state index is 0.292. The Bertz CT molecular complexity index is 482. The van der Waals surface area contributed by atoms with E-state index in [-0.39, 0.29) is 0 Å². The molecule has 19 heavy (non-hydrogen) atoms. The summed E-state index contributed by atoms with van der Waals surface area (Å²) in [5.74, 6) is 0.838. The normalized spacial score (nSPS) is 16.1. The predicted molar refractivity (Wildman–Crippen MR) is 77.1 cm³/mol. The van der Waals surface area contributed by atoms with Gasteiger partial charge in [0.05, 0.1) is 11.0 Å². The second-order valence-corrected chi connectivity index (χ2v) is 5.38. The fourth-order valence-electron chi connectivity index (χ4n) is 2.22. The zero-order valence-corrected chi connectivity index (χ0v) is 11.7. The van der Waals surface area contributed by atoms with Gasteiger partial charge in [-0.05, 0) is 49.6 Å². The van der Waals surface area contributed by atoms with Gasteiger partial charge < -0.3 is 4.74 Å². The Morgan fingerprint density at radius 2 is 2.16 bits per heavy atom. The number of thioether (sulfide) groups is 1. The van der Waals surface area contributed by atoms with Crippen LogP contribution in [0.4, 0.5) is 0 Å². The molecule has 5 heteroatoms. The molecule has 0 heterocycles. The van der Waals surface area contributed by atoms with Gasteiger partial charge in [0, 0.05) is 11.0 Å². The highest BCUT2D eigenvalue weighted by Crippen LogP contribution is 2.32. The van der Waals surface area contributed by atoms with E-state index in [0.29, 0.717) is 6.10 Å². The Morgan fingerprint density at radius 1 is 1.42 bits per heavy atom. The standard InChI is InChI=1S/C14H17NO3S/c1-19-14-7-6-11(8-9-15(16)17)10-13(14)18-12-4-2-3-5-12/h6-10,12H,2-5H2,1H3. The summed E-state index contributed by atoms with van der Waals surface area (Å²) in [4.78, 5) is 11.0. The molecule has 2 rings (SSSR count). The Kier molecular flexibility index (Phi) is 4.85. The van der Waals surface area contributed by atoms with Crippen molar-refractivity contribution in [3.63, 3.8) is 0 Å². The van der Waals surface area contributed by atoms with Crippen molar-refractivity contribution in [2.75, 3.05) is 6.26 Å². The number of nitrogens with zero attached hydrogens (tertiary/aromatic N) is 1. The highest BCUT2D eigenvalue weighted by atomic mass is 32.2. The van der Waals surface area contributed by atoms with E-state index in [9.17, 15) is 10.1 Å². The van der Waals surface area contributed by atoms with Crippen LogP contribution in [0, 0.1) is 10.1 Å². The van der Waals surface area contributed by atoms with Gasteiger partial charge in [-0.1, -0.05) is 6.07 Å². The van der Waals surface area contributed by atoms with E-state index in [4.69, 9.17) is 4.74 Å². The van der Waals surface area contributed by atoms with Crippen molar-refractivity contribution in [1.29, 1.82) is 0 Å². The van der Waals surface area contributed by atoms with Crippen LogP contribution in [0.25, 0.3) is 6.08 Å². The van der Waals surface area contributed by atoms with Crippen LogP contribution < -0.4 is 4.74 Å². The van der Waals surface area contributed by atoms with Crippen LogP contribution in [0.2, 0.25) is 0 Å². The summed E-state index contributed by atoms with van der Waals surface area (Å²) in [6.07, 6.45) is 9.38. The van der Waals surface area contributed by atoms with Crippen LogP contribution in [0.3, 0.4) is 0 Å². The summed E-state index contributed by atoms with van der Waals surface area (Å²) >= 11 is 1.63. The van der Waals surface area contributed by atoms with Gasteiger partial charge >= 0.3 is 0 Å². The van der Waals surface area contributed by atoms with Crippen molar-refractivity contribution in [2.45, 2.75) is 36.7 Å². The summed E-state index contributed by atoms with van der Waals surface area (Å²) in [5, 5.41) is 10.3. The average Bonchev–Trinajstić information content (AvgIpc) is 2.89. The van der Waals surface area contributed by atoms with Crippen LogP contribution in [0.15, 0.2) is 29.3 Å². The van der Waals surface area contributed by atoms with E-state index >= 15 is 0 Å². The Balaban J connectivity index is 2.17. The number of rotatable bonds is 5. The molecule has 0 radical (unpaired) electrons. The summed E-state index contributed by atoms with van der Waals surface area (Å²) < 4.78 is 6.02. The summed E-state index contributed by atoms with van der Waals surface area (Å²) in [5.41, 5.74) is 0.794. The molecular formula is C14H17NO3S. The molecule has 0 bridgehead atoms. The summed E-state index contributed by atoms with van der Waals surface area (Å²) in [6.45, 7) is 0. The zero-order valence-electron chi connectivity index (χ0n) is 10.9. The number of benzene rings is 1. The van der Waals surface area contributed by atoms with E-state index in [0.717, 1.165) is 35.3 Å². The van der Waals surface area contributed by atoms with Gasteiger partial charge in [-0.25, -0.2) is 0 Å². The lowest BCUT2D eigenvalue weighted by Crippen LogP contribution is -2.11. The van der Waals surface area contributed by atoms with Crippen LogP contribution in [-0.2, 0) is 0 Å². The third-order valence-electron chi connectivity index (χ3n) is 3.17. The second kappa shape index (κ2) is 6.61. The fraction of sp³-hybridized carbons (Fsp3) is 0.429. The zero-order chi connectivity index (χ0) is 13.7. The fourth-order valence-corrected chi connectivity index (χ4v) is 2.73. The lowest BCUT2D eigenvalue weighted by Gasteiger charge is -2.16. The Morgan fingerprint density at radius 3 is 2.79 bits per heavy atom. The highest BCUT2D eigenvalue weighted by molar-refractivity contribution is 7.98. The number of nitro groups is 1. The van der Waals surface area contributed by atoms with Gasteiger partial charge in [-0.3, -0.25) is 10.1 Å². The molecule has 0 aromatic heterocycles. The van der Waals surface area contributed by atoms with E-state index < -0.39 is 4.92 Å². The molecule has 0 unspecified atom stereocenters. The molecule has 1 fully saturated rings. The maximum absolute atomic E-state index is 10.3. The van der Waals surface area contributed by atoms with Gasteiger partial charge in [0.25, 0.3) is 0 Å². The first kappa shape index (κ1) is 13.9. The minimum Gasteiger partial charge on any atom is -0.489 e. The maximum atomic E-state index is 10.3. The molecule has 0 atom stereocenters. The molecule has 0 spiro atoms. The SMILES string of the molecule is CSc1ccc(C=C[N+](=O)[O-])cc1OC1CCCC1. The Hall–Kier alpha value is -1.49. The molecule has 0 amide bonds. The van der Waals surface area contributed by atoms with Crippen molar-refractivity contribution in [3.8, 4) is 5.75 Å². The summed E-state index contributed by atoms with van der Waals surface area (Å²) in [7, 11) is 0.